The van der Waals surface area contributed by atoms with Crippen molar-refractivity contribution in [2.75, 3.05) is 198 Å². The molecule has 0 saturated carbocycles. The molecule has 6 aliphatic carbocycles. The maximum atomic E-state index is 13.0. The molecule has 768 valence electrons. The highest BCUT2D eigenvalue weighted by Gasteiger charge is 2.41. The van der Waals surface area contributed by atoms with Gasteiger partial charge in [0.2, 0.25) is 0 Å². The molecule has 0 saturated heterocycles. The number of quaternary nitrogens is 6. The van der Waals surface area contributed by atoms with Crippen molar-refractivity contribution >= 4 is 35.8 Å². The van der Waals surface area contributed by atoms with Crippen molar-refractivity contribution in [3.8, 4) is 33.4 Å². The van der Waals surface area contributed by atoms with Gasteiger partial charge in [-0.1, -0.05) is 266 Å². The molecule has 142 heavy (non-hydrogen) atoms. The minimum absolute atomic E-state index is 0.0267. The van der Waals surface area contributed by atoms with Gasteiger partial charge in [0.15, 0.2) is 0 Å². The van der Waals surface area contributed by atoms with E-state index in [9.17, 15) is 28.8 Å². The van der Waals surface area contributed by atoms with Crippen LogP contribution in [0.1, 0.15) is 270 Å². The Morgan fingerprint density at radius 2 is 0.408 bits per heavy atom. The second kappa shape index (κ2) is 56.2. The number of carbonyl (C=O) groups is 6. The molecule has 4 unspecified atom stereocenters. The van der Waals surface area contributed by atoms with Gasteiger partial charge < -0.3 is 55.3 Å². The van der Waals surface area contributed by atoms with Crippen LogP contribution in [-0.2, 0) is 76.5 Å². The van der Waals surface area contributed by atoms with Crippen LogP contribution in [0, 0.1) is 0 Å². The van der Waals surface area contributed by atoms with E-state index in [1.165, 1.54) is 91.7 Å². The Hall–Kier alpha value is -10.4. The second-order valence-electron chi connectivity index (χ2n) is 41.1. The number of likely N-dealkylation sites (N-methyl/N-ethyl adjacent to an activating group) is 6. The first-order valence-electron chi connectivity index (χ1n) is 54.6. The molecule has 18 nitrogen and oxygen atoms in total. The van der Waals surface area contributed by atoms with Gasteiger partial charge in [0, 0.05) is 0 Å². The monoisotopic (exact) mass is 1940 g/mol. The van der Waals surface area contributed by atoms with Crippen molar-refractivity contribution in [1.29, 1.82) is 0 Å². The minimum atomic E-state index is -0.293. The average Bonchev–Trinajstić information content (AvgIpc) is 1.61. The largest absolute Gasteiger partial charge is 0.459 e. The van der Waals surface area contributed by atoms with Gasteiger partial charge in [0.1, 0.15) is 96.7 Å². The lowest BCUT2D eigenvalue weighted by molar-refractivity contribution is -0.927. The van der Waals surface area contributed by atoms with Gasteiger partial charge in [-0.3, -0.25) is 28.8 Å². The molecular formula is C124H176N6O12+6. The molecular weight excluding hydrogens is 1770 g/mol. The number of unbranched alkanes of at least 4 members (excludes halogenated alkanes) is 1. The van der Waals surface area contributed by atoms with Crippen LogP contribution in [0.5, 0.6) is 0 Å². The quantitative estimate of drug-likeness (QED) is 0.0202. The lowest BCUT2D eigenvalue weighted by Crippen LogP contribution is -2.51. The van der Waals surface area contributed by atoms with E-state index < -0.39 is 0 Å². The second-order valence-corrected chi connectivity index (χ2v) is 41.1. The van der Waals surface area contributed by atoms with Crippen LogP contribution in [-0.4, -0.2) is 261 Å². The number of carbonyl (C=O) groups excluding carboxylic acids is 6. The van der Waals surface area contributed by atoms with E-state index >= 15 is 0 Å². The Balaban J connectivity index is 0.000000175. The molecule has 6 aliphatic rings. The van der Waals surface area contributed by atoms with E-state index in [0.29, 0.717) is 39.6 Å². The molecule has 0 amide bonds. The van der Waals surface area contributed by atoms with Crippen LogP contribution in [0.15, 0.2) is 218 Å². The number of hydrogen-bond donors (Lipinski definition) is 0. The van der Waals surface area contributed by atoms with E-state index in [2.05, 4.69) is 222 Å². The first-order chi connectivity index (χ1) is 68.7. The van der Waals surface area contributed by atoms with Crippen molar-refractivity contribution < 1.29 is 84.1 Å². The molecule has 9 aromatic carbocycles. The topological polar surface area (TPSA) is 158 Å². The third-order valence-electron chi connectivity index (χ3n) is 32.0. The molecule has 0 aliphatic heterocycles. The summed E-state index contributed by atoms with van der Waals surface area (Å²) in [4.78, 5) is 75.9. The van der Waals surface area contributed by atoms with Gasteiger partial charge in [-0.2, -0.15) is 0 Å². The molecule has 18 heteroatoms. The van der Waals surface area contributed by atoms with E-state index in [1.807, 2.05) is 121 Å². The first-order valence-corrected chi connectivity index (χ1v) is 54.6. The third kappa shape index (κ3) is 29.5. The minimum Gasteiger partial charge on any atom is -0.459 e. The number of nitrogens with zero attached hydrogens (tertiary/aromatic N) is 6. The van der Waals surface area contributed by atoms with E-state index in [0.717, 1.165) is 256 Å². The van der Waals surface area contributed by atoms with Crippen LogP contribution in [0.4, 0.5) is 0 Å². The molecule has 0 radical (unpaired) electrons. The molecule has 0 fully saturated rings. The Labute approximate surface area is 854 Å². The first kappa shape index (κ1) is 114. The zero-order chi connectivity index (χ0) is 102. The van der Waals surface area contributed by atoms with E-state index in [1.54, 1.807) is 0 Å². The Morgan fingerprint density at radius 3 is 0.620 bits per heavy atom. The number of esters is 6. The predicted octanol–water partition coefficient (Wildman–Crippen LogP) is 23.6. The van der Waals surface area contributed by atoms with Crippen molar-refractivity contribution in [3.63, 3.8) is 0 Å². The summed E-state index contributed by atoms with van der Waals surface area (Å²) in [7, 11) is 6.27. The summed E-state index contributed by atoms with van der Waals surface area (Å²) in [6.45, 7) is 58.7. The molecule has 15 rings (SSSR count). The number of ether oxygens (including phenoxy) is 6. The predicted molar refractivity (Wildman–Crippen MR) is 578 cm³/mol. The zero-order valence-electron chi connectivity index (χ0n) is 90.1. The summed E-state index contributed by atoms with van der Waals surface area (Å²) >= 11 is 0. The number of rotatable bonds is 46. The summed E-state index contributed by atoms with van der Waals surface area (Å²) in [5.74, 6) is -1.51. The average molecular weight is 1940 g/mol. The molecule has 0 heterocycles. The third-order valence-corrected chi connectivity index (χ3v) is 32.0. The SMILES string of the molecule is CCCC[N+](CC)(CCC)CCOC(=O)C1CCc2ccccc21.CCC[N+](CC)(CCC)CCOC(=O)C1CCc2ccccc21.CCC[N+](CC)(CCC)CCOC(=O)C1c2ccccc2-c2ccccc21.CC[N+](CC)(CC)CCOC(=O)C1CCc2ccccc21.CC[N+](CC)(CC)CCOC(=O)C1c2ccccc2-c2ccccc21.C[N+](C)(C)CCOC(=O)C1c2ccccc2-c2ccccc21. The van der Waals surface area contributed by atoms with Crippen LogP contribution >= 0.6 is 0 Å². The van der Waals surface area contributed by atoms with E-state index in [-0.39, 0.29) is 71.3 Å². The lowest BCUT2D eigenvalue weighted by atomic mass is 9.97. The van der Waals surface area contributed by atoms with Gasteiger partial charge in [0.05, 0.1) is 137 Å². The van der Waals surface area contributed by atoms with Gasteiger partial charge in [0.25, 0.3) is 0 Å². The fraction of sp³-hybridized carbons (Fsp3) is 0.516. The van der Waals surface area contributed by atoms with Crippen LogP contribution < -0.4 is 0 Å². The summed E-state index contributed by atoms with van der Waals surface area (Å²) in [5.41, 5.74) is 20.8. The molecule has 9 aromatic rings. The molecule has 4 atom stereocenters. The van der Waals surface area contributed by atoms with Crippen molar-refractivity contribution in [1.82, 2.24) is 0 Å². The van der Waals surface area contributed by atoms with Crippen molar-refractivity contribution in [2.45, 2.75) is 223 Å². The maximum Gasteiger partial charge on any atom is 0.318 e. The zero-order valence-corrected chi connectivity index (χ0v) is 90.1. The van der Waals surface area contributed by atoms with Gasteiger partial charge >= 0.3 is 35.8 Å². The van der Waals surface area contributed by atoms with Crippen LogP contribution in [0.3, 0.4) is 0 Å². The number of hydrogen-bond acceptors (Lipinski definition) is 12. The Bertz CT molecular complexity index is 5290. The van der Waals surface area contributed by atoms with Crippen molar-refractivity contribution in [2.24, 2.45) is 0 Å². The normalized spacial score (nSPS) is 15.5. The number of benzene rings is 9. The Kier molecular flexibility index (Phi) is 44.9. The van der Waals surface area contributed by atoms with Crippen molar-refractivity contribution in [3.05, 3.63) is 285 Å². The summed E-state index contributed by atoms with van der Waals surface area (Å²) in [6.07, 6.45) is 14.0. The summed E-state index contributed by atoms with van der Waals surface area (Å²) in [5, 5.41) is 0. The maximum absolute atomic E-state index is 13.0. The fourth-order valence-corrected chi connectivity index (χ4v) is 22.9. The molecule has 0 aromatic heterocycles. The van der Waals surface area contributed by atoms with E-state index in [4.69, 9.17) is 28.4 Å². The van der Waals surface area contributed by atoms with Gasteiger partial charge in [-0.05, 0) is 240 Å². The lowest BCUT2D eigenvalue weighted by Gasteiger charge is -2.37. The number of fused-ring (bicyclic) bond motifs is 12. The smallest absolute Gasteiger partial charge is 0.318 e. The fourth-order valence-electron chi connectivity index (χ4n) is 22.9. The highest BCUT2D eigenvalue weighted by Crippen LogP contribution is 2.49. The Morgan fingerprint density at radius 1 is 0.218 bits per heavy atom. The summed E-state index contributed by atoms with van der Waals surface area (Å²) < 4.78 is 40.1. The summed E-state index contributed by atoms with van der Waals surface area (Å²) in [6, 6.07) is 73.7. The van der Waals surface area contributed by atoms with Gasteiger partial charge in [-0.15, -0.1) is 0 Å². The molecule has 0 spiro atoms. The number of aryl methyl sites for hydroxylation is 3. The highest BCUT2D eigenvalue weighted by atomic mass is 16.6. The van der Waals surface area contributed by atoms with Crippen LogP contribution in [0.25, 0.3) is 33.4 Å². The molecule has 0 N–H and O–H groups in total. The van der Waals surface area contributed by atoms with Crippen LogP contribution in [0.2, 0.25) is 0 Å². The molecule has 0 bridgehead atoms. The van der Waals surface area contributed by atoms with Gasteiger partial charge in [-0.25, -0.2) is 0 Å². The standard InChI is InChI=1S/C24H32NO2.C22H28NO2.C21H34NO2.C20H32NO2.C19H22NO2.C18H28NO2/c1-4-15-25(6-3,16-5-2)17-18-27-24(26)23-21-13-9-7-11-19(21)20-12-8-10-14-22(20)23;1-4-23(5-2,6-3)15-16-25-22(24)21-19-13-9-7-11-17(19)18-12-8-10-14-20(18)21;1-4-7-15-22(6-3,14-5-2)16-17-24-21(23)20-13-12-18-10-8-9-11-19(18)20;1-4-13-21(6-3,14-5-2)15-16-23-20(22)19-12-11-17-9-7-8-10-18(17)19;1-20(2,3)12-13-22-19(21)18-16-10-6-4-8-14(16)15-9-5-7-11-17(15)18;1-4-19(5-2,6-3)13-14-21-18(20)17-12-11-15-9-7-8-10-16(15)17/h7-14,23H,4-6,15-18H2,1-3H3;7-14,21H,4-6,15-16H2,1-3H3;8-11,20H,4-7,12-17H2,1-3H3;7-10,19H,4-6,11-16H2,1-3H3;4-11,18H,12-13H2,1-3H3;7-10,17H,4-6,11-14H2,1-3H3/q6*+1. The highest BCUT2D eigenvalue weighted by molar-refractivity contribution is 5.96.